The Morgan fingerprint density at radius 2 is 2.18 bits per heavy atom. The van der Waals surface area contributed by atoms with E-state index in [9.17, 15) is 12.8 Å². The van der Waals surface area contributed by atoms with Gasteiger partial charge >= 0.3 is 0 Å². The van der Waals surface area contributed by atoms with Crippen LogP contribution in [-0.4, -0.2) is 13.0 Å². The zero-order valence-corrected chi connectivity index (χ0v) is 13.5. The average molecular weight is 352 g/mol. The molecule has 0 amide bonds. The van der Waals surface area contributed by atoms with Crippen molar-refractivity contribution >= 4 is 42.9 Å². The van der Waals surface area contributed by atoms with Crippen LogP contribution in [0.3, 0.4) is 0 Å². The van der Waals surface area contributed by atoms with Crippen LogP contribution < -0.4 is 4.80 Å². The number of benzene rings is 1. The highest BCUT2D eigenvalue weighted by molar-refractivity contribution is 7.92. The van der Waals surface area contributed by atoms with E-state index in [0.29, 0.717) is 10.2 Å². The Hall–Kier alpha value is -1.95. The van der Waals surface area contributed by atoms with Gasteiger partial charge in [-0.1, -0.05) is 23.3 Å². The highest BCUT2D eigenvalue weighted by Crippen LogP contribution is 2.21. The van der Waals surface area contributed by atoms with Crippen molar-refractivity contribution in [3.05, 3.63) is 46.3 Å². The third kappa shape index (κ3) is 2.70. The van der Waals surface area contributed by atoms with Crippen LogP contribution >= 0.6 is 22.7 Å². The first-order valence-corrected chi connectivity index (χ1v) is 9.22. The van der Waals surface area contributed by atoms with Crippen LogP contribution in [0.2, 0.25) is 0 Å². The fourth-order valence-electron chi connectivity index (χ4n) is 1.92. The average Bonchev–Trinajstić information content (AvgIpc) is 3.08. The number of thiazole rings is 1. The second-order valence-corrected chi connectivity index (χ2v) is 8.07. The minimum absolute atomic E-state index is 0.156. The summed E-state index contributed by atoms with van der Waals surface area (Å²) in [4.78, 5) is 0.229. The molecule has 0 saturated carbocycles. The lowest BCUT2D eigenvalue weighted by molar-refractivity contribution is 0.598. The minimum atomic E-state index is -3.80. The van der Waals surface area contributed by atoms with E-state index in [4.69, 9.17) is 6.42 Å². The van der Waals surface area contributed by atoms with Gasteiger partial charge in [0.15, 0.2) is 0 Å². The normalized spacial score (nSPS) is 12.6. The molecule has 2 heterocycles. The Morgan fingerprint density at radius 1 is 1.36 bits per heavy atom. The van der Waals surface area contributed by atoms with Crippen LogP contribution in [0.15, 0.2) is 44.3 Å². The number of hydrogen-bond acceptors (Lipinski definition) is 4. The second kappa shape index (κ2) is 5.68. The van der Waals surface area contributed by atoms with Gasteiger partial charge in [0.2, 0.25) is 4.80 Å². The summed E-state index contributed by atoms with van der Waals surface area (Å²) in [6, 6.07) is 7.34. The summed E-state index contributed by atoms with van der Waals surface area (Å²) in [6.07, 6.45) is 5.34. The van der Waals surface area contributed by atoms with Gasteiger partial charge in [0.05, 0.1) is 16.8 Å². The maximum Gasteiger partial charge on any atom is 0.294 e. The number of sulfonamides is 1. The summed E-state index contributed by atoms with van der Waals surface area (Å²) in [5.74, 6) is 2.07. The molecule has 0 saturated heterocycles. The quantitative estimate of drug-likeness (QED) is 0.681. The Morgan fingerprint density at radius 3 is 2.86 bits per heavy atom. The lowest BCUT2D eigenvalue weighted by atomic mass is 10.3. The van der Waals surface area contributed by atoms with E-state index in [1.807, 2.05) is 0 Å². The molecule has 4 nitrogen and oxygen atoms in total. The number of rotatable bonds is 3. The predicted octanol–water partition coefficient (Wildman–Crippen LogP) is 2.83. The van der Waals surface area contributed by atoms with Crippen molar-refractivity contribution in [1.29, 1.82) is 0 Å². The number of halogens is 1. The molecule has 22 heavy (non-hydrogen) atoms. The third-order valence-electron chi connectivity index (χ3n) is 2.84. The van der Waals surface area contributed by atoms with Crippen molar-refractivity contribution in [3.8, 4) is 12.3 Å². The Labute approximate surface area is 134 Å². The predicted molar refractivity (Wildman–Crippen MR) is 85.7 cm³/mol. The van der Waals surface area contributed by atoms with Crippen LogP contribution in [0.25, 0.3) is 10.2 Å². The van der Waals surface area contributed by atoms with Crippen molar-refractivity contribution in [2.75, 3.05) is 0 Å². The molecule has 0 aliphatic carbocycles. The van der Waals surface area contributed by atoms with Crippen molar-refractivity contribution in [3.63, 3.8) is 0 Å². The van der Waals surface area contributed by atoms with E-state index < -0.39 is 15.8 Å². The van der Waals surface area contributed by atoms with Crippen LogP contribution in [0.5, 0.6) is 0 Å². The Bertz CT molecular complexity index is 1040. The largest absolute Gasteiger partial charge is 0.304 e. The molecule has 3 aromatic rings. The fourth-order valence-corrected chi connectivity index (χ4v) is 5.14. The first kappa shape index (κ1) is 15.0. The van der Waals surface area contributed by atoms with E-state index in [1.54, 1.807) is 22.1 Å². The molecule has 0 radical (unpaired) electrons. The van der Waals surface area contributed by atoms with Gasteiger partial charge in [0.1, 0.15) is 10.0 Å². The number of fused-ring (bicyclic) bond motifs is 1. The van der Waals surface area contributed by atoms with Gasteiger partial charge in [-0.2, -0.15) is 8.42 Å². The fraction of sp³-hybridized carbons (Fsp3) is 0.0714. The van der Waals surface area contributed by atoms with E-state index in [2.05, 4.69) is 10.3 Å². The zero-order valence-electron chi connectivity index (χ0n) is 11.1. The SMILES string of the molecule is C#CCn1/c(=N/S(=O)(=O)c2cccs2)sc2cc(F)ccc21. The molecule has 0 N–H and O–H groups in total. The highest BCUT2D eigenvalue weighted by Gasteiger charge is 2.15. The topological polar surface area (TPSA) is 51.4 Å². The van der Waals surface area contributed by atoms with Gasteiger partial charge in [0, 0.05) is 0 Å². The molecule has 112 valence electrons. The van der Waals surface area contributed by atoms with E-state index in [1.165, 1.54) is 18.2 Å². The van der Waals surface area contributed by atoms with Crippen LogP contribution in [0.4, 0.5) is 4.39 Å². The van der Waals surface area contributed by atoms with Gasteiger partial charge in [-0.25, -0.2) is 4.39 Å². The molecule has 8 heteroatoms. The molecule has 0 fully saturated rings. The number of hydrogen-bond donors (Lipinski definition) is 0. The maximum absolute atomic E-state index is 13.3. The first-order chi connectivity index (χ1) is 10.5. The molecule has 0 aliphatic rings. The van der Waals surface area contributed by atoms with Gasteiger partial charge in [-0.3, -0.25) is 0 Å². The number of thiophene rings is 1. The third-order valence-corrected chi connectivity index (χ3v) is 6.64. The summed E-state index contributed by atoms with van der Waals surface area (Å²) in [6.45, 7) is 0.157. The lowest BCUT2D eigenvalue weighted by Gasteiger charge is -1.99. The van der Waals surface area contributed by atoms with Crippen molar-refractivity contribution < 1.29 is 12.8 Å². The van der Waals surface area contributed by atoms with Gasteiger partial charge < -0.3 is 4.57 Å². The summed E-state index contributed by atoms with van der Waals surface area (Å²) in [5, 5.41) is 1.66. The molecule has 3 rings (SSSR count). The van der Waals surface area contributed by atoms with E-state index in [-0.39, 0.29) is 15.6 Å². The summed E-state index contributed by atoms with van der Waals surface area (Å²) >= 11 is 2.18. The van der Waals surface area contributed by atoms with Gasteiger partial charge in [0.25, 0.3) is 10.0 Å². The molecule has 0 aliphatic heterocycles. The maximum atomic E-state index is 13.3. The Balaban J connectivity index is 2.29. The molecule has 1 aromatic carbocycles. The molecule has 0 spiro atoms. The van der Waals surface area contributed by atoms with Crippen LogP contribution in [0, 0.1) is 18.2 Å². The number of nitrogens with zero attached hydrogens (tertiary/aromatic N) is 2. The second-order valence-electron chi connectivity index (χ2n) is 4.29. The highest BCUT2D eigenvalue weighted by atomic mass is 32.2. The van der Waals surface area contributed by atoms with E-state index >= 15 is 0 Å². The minimum Gasteiger partial charge on any atom is -0.304 e. The molecular weight excluding hydrogens is 343 g/mol. The smallest absolute Gasteiger partial charge is 0.294 e. The Kier molecular flexibility index (Phi) is 3.87. The van der Waals surface area contributed by atoms with Gasteiger partial charge in [-0.05, 0) is 29.6 Å². The molecular formula is C14H9FN2O2S3. The summed E-state index contributed by atoms with van der Waals surface area (Å²) in [7, 11) is -3.80. The number of aromatic nitrogens is 1. The lowest BCUT2D eigenvalue weighted by Crippen LogP contribution is -2.16. The first-order valence-electron chi connectivity index (χ1n) is 6.08. The molecule has 0 unspecified atom stereocenters. The monoisotopic (exact) mass is 352 g/mol. The van der Waals surface area contributed by atoms with Crippen molar-refractivity contribution in [1.82, 2.24) is 4.57 Å². The van der Waals surface area contributed by atoms with E-state index in [0.717, 1.165) is 22.7 Å². The summed E-state index contributed by atoms with van der Waals surface area (Å²) in [5.41, 5.74) is 0.657. The van der Waals surface area contributed by atoms with Gasteiger partial charge in [-0.15, -0.1) is 22.2 Å². The van der Waals surface area contributed by atoms with Crippen molar-refractivity contribution in [2.45, 2.75) is 10.8 Å². The van der Waals surface area contributed by atoms with Crippen LogP contribution in [-0.2, 0) is 16.6 Å². The standard InChI is InChI=1S/C14H9FN2O2S3/c1-2-7-17-11-6-5-10(15)9-12(11)21-14(17)16-22(18,19)13-4-3-8-20-13/h1,3-6,8-9H,7H2/b16-14-. The zero-order chi connectivity index (χ0) is 15.7. The summed E-state index contributed by atoms with van der Waals surface area (Å²) < 4.78 is 44.1. The number of terminal acetylenes is 1. The molecule has 2 aromatic heterocycles. The molecule has 0 bridgehead atoms. The van der Waals surface area contributed by atoms with Crippen molar-refractivity contribution in [2.24, 2.45) is 4.40 Å². The van der Waals surface area contributed by atoms with Crippen LogP contribution in [0.1, 0.15) is 0 Å². The molecule has 0 atom stereocenters.